The number of carbonyl (C=O) groups is 1. The third kappa shape index (κ3) is 4.26. The monoisotopic (exact) mass is 466 g/mol. The molecule has 1 amide bonds. The normalized spacial score (nSPS) is 16.8. The molecule has 3 aromatic rings. The molecule has 2 aliphatic rings. The van der Waals surface area contributed by atoms with Gasteiger partial charge in [-0.25, -0.2) is 8.42 Å². The number of amides is 1. The molecule has 0 spiro atoms. The zero-order valence-electron chi connectivity index (χ0n) is 18.5. The Morgan fingerprint density at radius 2 is 1.79 bits per heavy atom. The van der Waals surface area contributed by atoms with Gasteiger partial charge in [-0.05, 0) is 43.2 Å². The van der Waals surface area contributed by atoms with Crippen molar-refractivity contribution in [3.63, 3.8) is 0 Å². The van der Waals surface area contributed by atoms with Crippen LogP contribution in [-0.4, -0.2) is 62.0 Å². The van der Waals surface area contributed by atoms with E-state index in [0.717, 1.165) is 30.1 Å². The molecule has 33 heavy (non-hydrogen) atoms. The average molecular weight is 467 g/mol. The fraction of sp³-hybridized carbons (Fsp3) is 0.333. The molecule has 172 valence electrons. The summed E-state index contributed by atoms with van der Waals surface area (Å²) in [4.78, 5) is 17.3. The maximum atomic E-state index is 13.3. The molecule has 1 aromatic heterocycles. The molecular weight excluding hydrogens is 440 g/mol. The standard InChI is InChI=1S/C24H26N4O4S/c1-18-15-21(25-32-18)17-26-11-13-27(14-12-26)24(29)20-6-4-7-22(16-20)33(30,31)28-10-9-19-5-2-3-8-23(19)28/h2-8,15-16H,9-14,17H2,1H3. The summed E-state index contributed by atoms with van der Waals surface area (Å²) in [6.45, 7) is 5.56. The highest BCUT2D eigenvalue weighted by molar-refractivity contribution is 7.92. The van der Waals surface area contributed by atoms with Crippen LogP contribution in [-0.2, 0) is 23.0 Å². The molecule has 5 rings (SSSR count). The summed E-state index contributed by atoms with van der Waals surface area (Å²) in [6.07, 6.45) is 0.687. The van der Waals surface area contributed by atoms with Crippen LogP contribution in [0.1, 0.15) is 27.4 Å². The van der Waals surface area contributed by atoms with E-state index in [1.165, 1.54) is 10.4 Å². The molecule has 0 atom stereocenters. The molecule has 1 fully saturated rings. The number of carbonyl (C=O) groups excluding carboxylic acids is 1. The lowest BCUT2D eigenvalue weighted by atomic mass is 10.2. The van der Waals surface area contributed by atoms with Crippen LogP contribution < -0.4 is 4.31 Å². The maximum absolute atomic E-state index is 13.3. The van der Waals surface area contributed by atoms with Crippen LogP contribution in [0.3, 0.4) is 0 Å². The number of para-hydroxylation sites is 1. The lowest BCUT2D eigenvalue weighted by molar-refractivity contribution is 0.0625. The first kappa shape index (κ1) is 21.7. The Morgan fingerprint density at radius 3 is 2.55 bits per heavy atom. The number of fused-ring (bicyclic) bond motifs is 1. The van der Waals surface area contributed by atoms with Crippen LogP contribution in [0.5, 0.6) is 0 Å². The van der Waals surface area contributed by atoms with Crippen molar-refractivity contribution in [1.29, 1.82) is 0 Å². The van der Waals surface area contributed by atoms with Gasteiger partial charge >= 0.3 is 0 Å². The second-order valence-electron chi connectivity index (χ2n) is 8.48. The topological polar surface area (TPSA) is 87.0 Å². The van der Waals surface area contributed by atoms with Crippen LogP contribution in [0.4, 0.5) is 5.69 Å². The summed E-state index contributed by atoms with van der Waals surface area (Å²) in [5.74, 6) is 0.636. The Hall–Kier alpha value is -3.17. The summed E-state index contributed by atoms with van der Waals surface area (Å²) in [6, 6.07) is 15.9. The van der Waals surface area contributed by atoms with Crippen molar-refractivity contribution >= 4 is 21.6 Å². The van der Waals surface area contributed by atoms with Crippen molar-refractivity contribution in [2.75, 3.05) is 37.0 Å². The number of hydrogen-bond donors (Lipinski definition) is 0. The number of hydrogen-bond acceptors (Lipinski definition) is 6. The fourth-order valence-electron chi connectivity index (χ4n) is 4.49. The van der Waals surface area contributed by atoms with Crippen molar-refractivity contribution in [3.05, 3.63) is 77.2 Å². The van der Waals surface area contributed by atoms with Gasteiger partial charge in [-0.2, -0.15) is 0 Å². The van der Waals surface area contributed by atoms with E-state index < -0.39 is 10.0 Å². The zero-order valence-corrected chi connectivity index (χ0v) is 19.3. The molecule has 0 N–H and O–H groups in total. The van der Waals surface area contributed by atoms with E-state index >= 15 is 0 Å². The van der Waals surface area contributed by atoms with Crippen LogP contribution in [0.15, 0.2) is 64.0 Å². The summed E-state index contributed by atoms with van der Waals surface area (Å²) >= 11 is 0. The third-order valence-electron chi connectivity index (χ3n) is 6.24. The van der Waals surface area contributed by atoms with Gasteiger partial charge in [0.05, 0.1) is 16.3 Å². The molecule has 3 heterocycles. The van der Waals surface area contributed by atoms with Crippen molar-refractivity contribution < 1.29 is 17.7 Å². The fourth-order valence-corrected chi connectivity index (χ4v) is 6.04. The number of nitrogens with zero attached hydrogens (tertiary/aromatic N) is 4. The van der Waals surface area contributed by atoms with Crippen LogP contribution in [0, 0.1) is 6.92 Å². The molecular formula is C24H26N4O4S. The first-order valence-electron chi connectivity index (χ1n) is 11.1. The molecule has 2 aromatic carbocycles. The minimum absolute atomic E-state index is 0.144. The Balaban J connectivity index is 1.28. The highest BCUT2D eigenvalue weighted by atomic mass is 32.2. The van der Waals surface area contributed by atoms with Gasteiger partial charge in [0.15, 0.2) is 0 Å². The molecule has 8 nitrogen and oxygen atoms in total. The Kier molecular flexibility index (Phi) is 5.67. The summed E-state index contributed by atoms with van der Waals surface area (Å²) in [5.41, 5.74) is 3.01. The highest BCUT2D eigenvalue weighted by Gasteiger charge is 2.31. The summed E-state index contributed by atoms with van der Waals surface area (Å²) in [5, 5.41) is 4.03. The van der Waals surface area contributed by atoms with Gasteiger partial charge in [-0.3, -0.25) is 14.0 Å². The lowest BCUT2D eigenvalue weighted by Crippen LogP contribution is -2.48. The maximum Gasteiger partial charge on any atom is 0.264 e. The van der Waals surface area contributed by atoms with E-state index in [2.05, 4.69) is 10.1 Å². The largest absolute Gasteiger partial charge is 0.361 e. The predicted molar refractivity (Wildman–Crippen MR) is 124 cm³/mol. The molecule has 1 saturated heterocycles. The van der Waals surface area contributed by atoms with Crippen molar-refractivity contribution in [3.8, 4) is 0 Å². The van der Waals surface area contributed by atoms with Crippen LogP contribution in [0.25, 0.3) is 0 Å². The van der Waals surface area contributed by atoms with Gasteiger partial charge in [0, 0.05) is 50.9 Å². The minimum atomic E-state index is -3.74. The van der Waals surface area contributed by atoms with Crippen molar-refractivity contribution in [2.24, 2.45) is 0 Å². The number of aryl methyl sites for hydroxylation is 1. The van der Waals surface area contributed by atoms with Crippen molar-refractivity contribution in [1.82, 2.24) is 15.0 Å². The second-order valence-corrected chi connectivity index (χ2v) is 10.3. The average Bonchev–Trinajstić information content (AvgIpc) is 3.45. The minimum Gasteiger partial charge on any atom is -0.361 e. The van der Waals surface area contributed by atoms with E-state index in [-0.39, 0.29) is 10.8 Å². The van der Waals surface area contributed by atoms with E-state index in [4.69, 9.17) is 4.52 Å². The van der Waals surface area contributed by atoms with Gasteiger partial charge in [0.2, 0.25) is 0 Å². The third-order valence-corrected chi connectivity index (χ3v) is 8.04. The smallest absolute Gasteiger partial charge is 0.264 e. The number of benzene rings is 2. The first-order chi connectivity index (χ1) is 15.9. The summed E-state index contributed by atoms with van der Waals surface area (Å²) in [7, 11) is -3.74. The quantitative estimate of drug-likeness (QED) is 0.575. The number of aromatic nitrogens is 1. The van der Waals surface area contributed by atoms with E-state index in [1.807, 2.05) is 37.3 Å². The molecule has 0 aliphatic carbocycles. The predicted octanol–water partition coefficient (Wildman–Crippen LogP) is 2.69. The van der Waals surface area contributed by atoms with E-state index in [9.17, 15) is 13.2 Å². The molecule has 0 radical (unpaired) electrons. The van der Waals surface area contributed by atoms with Gasteiger partial charge < -0.3 is 9.42 Å². The van der Waals surface area contributed by atoms with E-state index in [0.29, 0.717) is 43.9 Å². The van der Waals surface area contributed by atoms with Gasteiger partial charge in [0.25, 0.3) is 15.9 Å². The van der Waals surface area contributed by atoms with Gasteiger partial charge in [-0.1, -0.05) is 29.4 Å². The van der Waals surface area contributed by atoms with Crippen molar-refractivity contribution in [2.45, 2.75) is 24.8 Å². The highest BCUT2D eigenvalue weighted by Crippen LogP contribution is 2.32. The van der Waals surface area contributed by atoms with Gasteiger partial charge in [0.1, 0.15) is 5.76 Å². The summed E-state index contributed by atoms with van der Waals surface area (Å²) < 4.78 is 33.3. The van der Waals surface area contributed by atoms with Crippen LogP contribution >= 0.6 is 0 Å². The Morgan fingerprint density at radius 1 is 1.00 bits per heavy atom. The molecule has 0 saturated carbocycles. The number of rotatable bonds is 5. The second kappa shape index (κ2) is 8.64. The number of piperazine rings is 1. The number of sulfonamides is 1. The molecule has 0 unspecified atom stereocenters. The Bertz CT molecular complexity index is 1280. The molecule has 2 aliphatic heterocycles. The van der Waals surface area contributed by atoms with Gasteiger partial charge in [-0.15, -0.1) is 0 Å². The molecule has 9 heteroatoms. The lowest BCUT2D eigenvalue weighted by Gasteiger charge is -2.34. The SMILES string of the molecule is Cc1cc(CN2CCN(C(=O)c3cccc(S(=O)(=O)N4CCc5ccccc54)c3)CC2)no1. The first-order valence-corrected chi connectivity index (χ1v) is 12.5. The molecule has 0 bridgehead atoms. The van der Waals surface area contributed by atoms with Crippen LogP contribution in [0.2, 0.25) is 0 Å². The zero-order chi connectivity index (χ0) is 23.0. The number of anilines is 1. The van der Waals surface area contributed by atoms with E-state index in [1.54, 1.807) is 23.1 Å². The Labute approximate surface area is 193 Å².